The number of ether oxygens (including phenoxy) is 2. The molecule has 0 bridgehead atoms. The number of rotatable bonds is 8. The van der Waals surface area contributed by atoms with Gasteiger partial charge in [-0.05, 0) is 74.0 Å². The van der Waals surface area contributed by atoms with Crippen LogP contribution < -0.4 is 0 Å². The van der Waals surface area contributed by atoms with Crippen molar-refractivity contribution in [1.29, 1.82) is 0 Å². The molecule has 7 heteroatoms. The maximum Gasteiger partial charge on any atom is 0.509 e. The Bertz CT molecular complexity index is 655. The Morgan fingerprint density at radius 3 is 1.53 bits per heavy atom. The Kier molecular flexibility index (Phi) is 11.4. The van der Waals surface area contributed by atoms with Crippen molar-refractivity contribution in [2.75, 3.05) is 0 Å². The predicted octanol–water partition coefficient (Wildman–Crippen LogP) is 10.0. The standard InChI is InChI=1S/C27H46Br4O3/c1-9-25(4,5)16-12-18(28)22(19(29)13-16)26(6,7)23-20(30)14-17(15-21(23)31)33-24(32)34-27(8,10-2)11-3/h16-23H,9-15H2,1-8H3. The molecule has 200 valence electrons. The first kappa shape index (κ1) is 31.4. The molecule has 0 radical (unpaired) electrons. The summed E-state index contributed by atoms with van der Waals surface area (Å²) in [7, 11) is 0. The Balaban J connectivity index is 2.09. The number of carbonyl (C=O) groups excluding carboxylic acids is 1. The largest absolute Gasteiger partial charge is 0.509 e. The van der Waals surface area contributed by atoms with Crippen molar-refractivity contribution in [2.24, 2.45) is 28.6 Å². The SMILES string of the molecule is CCC(C)(CC)OC(=O)OC1CC(Br)C(C(C)(C)C2C(Br)CC(C(C)(C)CC)CC2Br)C(Br)C1. The second-order valence-corrected chi connectivity index (χ2v) is 16.9. The number of carbonyl (C=O) groups is 1. The minimum Gasteiger partial charge on any atom is -0.431 e. The summed E-state index contributed by atoms with van der Waals surface area (Å²) < 4.78 is 11.5. The van der Waals surface area contributed by atoms with Crippen molar-refractivity contribution in [1.82, 2.24) is 0 Å². The zero-order valence-electron chi connectivity index (χ0n) is 22.3. The van der Waals surface area contributed by atoms with Gasteiger partial charge in [0, 0.05) is 19.3 Å². The number of hydrogen-bond donors (Lipinski definition) is 0. The van der Waals surface area contributed by atoms with Crippen LogP contribution in [0.1, 0.15) is 100 Å². The van der Waals surface area contributed by atoms with Crippen LogP contribution in [0.2, 0.25) is 0 Å². The first-order chi connectivity index (χ1) is 15.6. The van der Waals surface area contributed by atoms with E-state index in [1.54, 1.807) is 0 Å². The van der Waals surface area contributed by atoms with E-state index in [9.17, 15) is 4.79 Å². The Labute approximate surface area is 242 Å². The van der Waals surface area contributed by atoms with Gasteiger partial charge >= 0.3 is 6.16 Å². The van der Waals surface area contributed by atoms with Crippen LogP contribution in [0.4, 0.5) is 4.79 Å². The van der Waals surface area contributed by atoms with Crippen molar-refractivity contribution in [2.45, 2.75) is 131 Å². The molecule has 2 fully saturated rings. The Morgan fingerprint density at radius 1 is 0.735 bits per heavy atom. The van der Waals surface area contributed by atoms with Gasteiger partial charge in [0.15, 0.2) is 0 Å². The molecule has 0 aromatic heterocycles. The van der Waals surface area contributed by atoms with Crippen LogP contribution in [0.5, 0.6) is 0 Å². The average molecular weight is 738 g/mol. The fourth-order valence-electron chi connectivity index (χ4n) is 6.14. The van der Waals surface area contributed by atoms with Crippen molar-refractivity contribution < 1.29 is 14.3 Å². The van der Waals surface area contributed by atoms with Gasteiger partial charge < -0.3 is 9.47 Å². The van der Waals surface area contributed by atoms with E-state index in [0.29, 0.717) is 32.8 Å². The maximum atomic E-state index is 12.5. The lowest BCUT2D eigenvalue weighted by atomic mass is 9.57. The first-order valence-electron chi connectivity index (χ1n) is 13.1. The predicted molar refractivity (Wildman–Crippen MR) is 158 cm³/mol. The van der Waals surface area contributed by atoms with E-state index in [2.05, 4.69) is 98.3 Å². The molecule has 3 nitrogen and oxygen atoms in total. The molecular formula is C27H46Br4O3. The zero-order valence-corrected chi connectivity index (χ0v) is 28.6. The van der Waals surface area contributed by atoms with Gasteiger partial charge in [-0.3, -0.25) is 0 Å². The van der Waals surface area contributed by atoms with Gasteiger partial charge in [-0.15, -0.1) is 0 Å². The summed E-state index contributed by atoms with van der Waals surface area (Å²) in [5, 5.41) is 0. The van der Waals surface area contributed by atoms with Crippen LogP contribution in [-0.2, 0) is 9.47 Å². The van der Waals surface area contributed by atoms with Crippen LogP contribution >= 0.6 is 63.7 Å². The molecule has 2 aliphatic rings. The second kappa shape index (κ2) is 12.4. The monoisotopic (exact) mass is 734 g/mol. The third-order valence-corrected chi connectivity index (χ3v) is 13.2. The molecule has 4 atom stereocenters. The highest BCUT2D eigenvalue weighted by Gasteiger charge is 2.54. The highest BCUT2D eigenvalue weighted by molar-refractivity contribution is 9.10. The van der Waals surface area contributed by atoms with Gasteiger partial charge in [0.2, 0.25) is 0 Å². The van der Waals surface area contributed by atoms with E-state index in [4.69, 9.17) is 9.47 Å². The Hall–Kier alpha value is 1.19. The summed E-state index contributed by atoms with van der Waals surface area (Å²) in [5.41, 5.74) is -0.0159. The lowest BCUT2D eigenvalue weighted by Gasteiger charge is -2.54. The summed E-state index contributed by atoms with van der Waals surface area (Å²) in [6, 6.07) is 0. The summed E-state index contributed by atoms with van der Waals surface area (Å²) in [4.78, 5) is 14.0. The fraction of sp³-hybridized carbons (Fsp3) is 0.963. The molecule has 2 rings (SSSR count). The second-order valence-electron chi connectivity index (χ2n) is 12.2. The average Bonchev–Trinajstić information content (AvgIpc) is 2.71. The lowest BCUT2D eigenvalue weighted by molar-refractivity contribution is -0.0566. The third kappa shape index (κ3) is 7.18. The smallest absolute Gasteiger partial charge is 0.431 e. The molecule has 0 N–H and O–H groups in total. The van der Waals surface area contributed by atoms with E-state index < -0.39 is 11.8 Å². The fourth-order valence-corrected chi connectivity index (χ4v) is 12.9. The van der Waals surface area contributed by atoms with Crippen molar-refractivity contribution >= 4 is 69.9 Å². The minimum absolute atomic E-state index is 0.0838. The molecule has 2 aliphatic carbocycles. The third-order valence-electron chi connectivity index (χ3n) is 9.38. The van der Waals surface area contributed by atoms with E-state index in [-0.39, 0.29) is 21.2 Å². The maximum absolute atomic E-state index is 12.5. The number of alkyl halides is 4. The van der Waals surface area contributed by atoms with Crippen molar-refractivity contribution in [3.05, 3.63) is 0 Å². The lowest BCUT2D eigenvalue weighted by Crippen LogP contribution is -2.54. The molecule has 0 amide bonds. The molecule has 0 spiro atoms. The van der Waals surface area contributed by atoms with Gasteiger partial charge in [0.25, 0.3) is 0 Å². The van der Waals surface area contributed by atoms with E-state index in [0.717, 1.165) is 25.7 Å². The van der Waals surface area contributed by atoms with Gasteiger partial charge in [-0.2, -0.15) is 0 Å². The normalized spacial score (nSPS) is 35.6. The molecular weight excluding hydrogens is 692 g/mol. The molecule has 0 saturated heterocycles. The quantitative estimate of drug-likeness (QED) is 0.184. The summed E-state index contributed by atoms with van der Waals surface area (Å²) in [5.74, 6) is 1.64. The number of hydrogen-bond acceptors (Lipinski definition) is 3. The van der Waals surface area contributed by atoms with Crippen molar-refractivity contribution in [3.63, 3.8) is 0 Å². The molecule has 0 aliphatic heterocycles. The molecule has 0 aromatic rings. The minimum atomic E-state index is -0.536. The van der Waals surface area contributed by atoms with E-state index >= 15 is 0 Å². The molecule has 2 saturated carbocycles. The van der Waals surface area contributed by atoms with Crippen LogP contribution in [0.3, 0.4) is 0 Å². The van der Waals surface area contributed by atoms with E-state index in [1.807, 2.05) is 20.8 Å². The topological polar surface area (TPSA) is 35.5 Å². The van der Waals surface area contributed by atoms with Gasteiger partial charge in [-0.1, -0.05) is 119 Å². The van der Waals surface area contributed by atoms with Crippen LogP contribution in [0, 0.1) is 28.6 Å². The highest BCUT2D eigenvalue weighted by Crippen LogP contribution is 2.57. The highest BCUT2D eigenvalue weighted by atomic mass is 79.9. The number of halogens is 4. The van der Waals surface area contributed by atoms with Gasteiger partial charge in [-0.25, -0.2) is 4.79 Å². The van der Waals surface area contributed by atoms with Crippen LogP contribution in [0.25, 0.3) is 0 Å². The van der Waals surface area contributed by atoms with Gasteiger partial charge in [0.1, 0.15) is 11.7 Å². The molecule has 0 aromatic carbocycles. The summed E-state index contributed by atoms with van der Waals surface area (Å²) in [6.45, 7) is 18.1. The zero-order chi connectivity index (χ0) is 26.1. The summed E-state index contributed by atoms with van der Waals surface area (Å²) in [6.07, 6.45) is 6.13. The van der Waals surface area contributed by atoms with Crippen molar-refractivity contribution in [3.8, 4) is 0 Å². The van der Waals surface area contributed by atoms with Crippen LogP contribution in [-0.4, -0.2) is 37.2 Å². The summed E-state index contributed by atoms with van der Waals surface area (Å²) >= 11 is 16.3. The molecule has 4 unspecified atom stereocenters. The molecule has 34 heavy (non-hydrogen) atoms. The first-order valence-corrected chi connectivity index (χ1v) is 16.7. The molecule has 0 heterocycles. The van der Waals surface area contributed by atoms with Gasteiger partial charge in [0.05, 0.1) is 0 Å². The Morgan fingerprint density at radius 2 is 1.15 bits per heavy atom. The van der Waals surface area contributed by atoms with Crippen LogP contribution in [0.15, 0.2) is 0 Å². The van der Waals surface area contributed by atoms with E-state index in [1.165, 1.54) is 19.3 Å².